The first-order valence-electron chi connectivity index (χ1n) is 7.53. The fraction of sp³-hybridized carbons (Fsp3) is 0.0588. The third-order valence-electron chi connectivity index (χ3n) is 3.83. The van der Waals surface area contributed by atoms with Gasteiger partial charge in [0.15, 0.2) is 17.1 Å². The first-order valence-corrected chi connectivity index (χ1v) is 7.53. The van der Waals surface area contributed by atoms with E-state index in [1.54, 1.807) is 17.1 Å². The smallest absolute Gasteiger partial charge is 0.217 e. The number of benzene rings is 1. The molecule has 0 aliphatic rings. The molecule has 4 aromatic heterocycles. The number of nitrogens with zero attached hydrogens (tertiary/aromatic N) is 6. The lowest BCUT2D eigenvalue weighted by Gasteiger charge is -1.99. The van der Waals surface area contributed by atoms with Crippen LogP contribution in [0.5, 0.6) is 0 Å². The zero-order valence-corrected chi connectivity index (χ0v) is 12.6. The molecule has 7 nitrogen and oxygen atoms in total. The second-order valence-corrected chi connectivity index (χ2v) is 5.48. The molecule has 0 radical (unpaired) electrons. The largest absolute Gasteiger partial charge is 0.461 e. The summed E-state index contributed by atoms with van der Waals surface area (Å²) in [4.78, 5) is 8.93. The number of hydrogen-bond acceptors (Lipinski definition) is 5. The Balaban J connectivity index is 1.62. The highest BCUT2D eigenvalue weighted by Gasteiger charge is 2.14. The Morgan fingerprint density at radius 3 is 2.75 bits per heavy atom. The summed E-state index contributed by atoms with van der Waals surface area (Å²) in [6.45, 7) is 0.683. The number of fused-ring (bicyclic) bond motifs is 3. The molecule has 0 bridgehead atoms. The van der Waals surface area contributed by atoms with Gasteiger partial charge in [-0.2, -0.15) is 5.10 Å². The summed E-state index contributed by atoms with van der Waals surface area (Å²) < 4.78 is 8.88. The van der Waals surface area contributed by atoms with E-state index in [4.69, 9.17) is 4.42 Å². The minimum Gasteiger partial charge on any atom is -0.461 e. The lowest BCUT2D eigenvalue weighted by Crippen LogP contribution is -1.99. The average molecular weight is 316 g/mol. The predicted octanol–water partition coefficient (Wildman–Crippen LogP) is 2.78. The van der Waals surface area contributed by atoms with Crippen molar-refractivity contribution in [2.45, 2.75) is 6.54 Å². The van der Waals surface area contributed by atoms with Crippen LogP contribution in [0, 0.1) is 0 Å². The Morgan fingerprint density at radius 2 is 1.92 bits per heavy atom. The first-order chi connectivity index (χ1) is 11.9. The molecule has 0 N–H and O–H groups in total. The number of furan rings is 1. The highest BCUT2D eigenvalue weighted by Crippen LogP contribution is 2.21. The maximum absolute atomic E-state index is 5.37. The van der Waals surface area contributed by atoms with Gasteiger partial charge >= 0.3 is 0 Å². The van der Waals surface area contributed by atoms with E-state index in [0.29, 0.717) is 29.4 Å². The Morgan fingerprint density at radius 1 is 1.00 bits per heavy atom. The number of hydrogen-bond donors (Lipinski definition) is 0. The number of rotatable bonds is 3. The Bertz CT molecular complexity index is 1120. The monoisotopic (exact) mass is 316 g/mol. The summed E-state index contributed by atoms with van der Waals surface area (Å²) in [5.74, 6) is 1.16. The van der Waals surface area contributed by atoms with Gasteiger partial charge in [0.1, 0.15) is 6.33 Å². The molecule has 0 aliphatic carbocycles. The molecule has 116 valence electrons. The summed E-state index contributed by atoms with van der Waals surface area (Å²) in [5, 5.41) is 9.80. The van der Waals surface area contributed by atoms with Crippen LogP contribution in [0.3, 0.4) is 0 Å². The molecular weight excluding hydrogens is 304 g/mol. The minimum atomic E-state index is 0.533. The molecule has 0 fully saturated rings. The quantitative estimate of drug-likeness (QED) is 0.512. The number of aromatic nitrogens is 6. The summed E-state index contributed by atoms with van der Waals surface area (Å²) in [7, 11) is 0. The zero-order chi connectivity index (χ0) is 15.9. The van der Waals surface area contributed by atoms with Crippen molar-refractivity contribution in [3.63, 3.8) is 0 Å². The van der Waals surface area contributed by atoms with Gasteiger partial charge in [-0.05, 0) is 17.7 Å². The van der Waals surface area contributed by atoms with Gasteiger partial charge in [0.05, 0.1) is 18.2 Å². The Labute approximate surface area is 136 Å². The normalized spacial score (nSPS) is 11.5. The lowest BCUT2D eigenvalue weighted by atomic mass is 10.2. The summed E-state index contributed by atoms with van der Waals surface area (Å²) in [6.07, 6.45) is 5.18. The van der Waals surface area contributed by atoms with Crippen molar-refractivity contribution in [2.24, 2.45) is 0 Å². The molecule has 0 aliphatic heterocycles. The maximum atomic E-state index is 5.37. The molecule has 0 atom stereocenters. The molecule has 24 heavy (non-hydrogen) atoms. The average Bonchev–Trinajstić information content (AvgIpc) is 3.33. The van der Waals surface area contributed by atoms with Crippen molar-refractivity contribution in [2.75, 3.05) is 0 Å². The van der Waals surface area contributed by atoms with Crippen LogP contribution in [0.4, 0.5) is 0 Å². The van der Waals surface area contributed by atoms with Crippen LogP contribution in [0.25, 0.3) is 28.3 Å². The third kappa shape index (κ3) is 2.06. The minimum absolute atomic E-state index is 0.533. The van der Waals surface area contributed by atoms with Crippen LogP contribution in [0.1, 0.15) is 5.56 Å². The highest BCUT2D eigenvalue weighted by atomic mass is 16.3. The second-order valence-electron chi connectivity index (χ2n) is 5.48. The third-order valence-corrected chi connectivity index (χ3v) is 3.83. The van der Waals surface area contributed by atoms with Crippen molar-refractivity contribution in [3.8, 4) is 11.6 Å². The van der Waals surface area contributed by atoms with Gasteiger partial charge in [-0.25, -0.2) is 14.5 Å². The van der Waals surface area contributed by atoms with Crippen LogP contribution >= 0.6 is 0 Å². The van der Waals surface area contributed by atoms with E-state index in [0.717, 1.165) is 5.39 Å². The van der Waals surface area contributed by atoms with Gasteiger partial charge in [-0.3, -0.25) is 4.68 Å². The summed E-state index contributed by atoms with van der Waals surface area (Å²) in [5.41, 5.74) is 2.54. The van der Waals surface area contributed by atoms with Gasteiger partial charge in [0.2, 0.25) is 5.82 Å². The molecular formula is C17H12N6O. The second kappa shape index (κ2) is 5.02. The van der Waals surface area contributed by atoms with Crippen molar-refractivity contribution in [1.82, 2.24) is 29.4 Å². The maximum Gasteiger partial charge on any atom is 0.217 e. The van der Waals surface area contributed by atoms with E-state index in [2.05, 4.69) is 32.3 Å². The molecule has 0 saturated carbocycles. The van der Waals surface area contributed by atoms with Crippen LogP contribution in [-0.2, 0) is 6.54 Å². The standard InChI is InChI=1S/C17H12N6O/c1-2-5-12(6-3-1)9-22-10-13-15(20-22)18-11-23-17(13)19-16(21-23)14-7-4-8-24-14/h1-8,10-11H,9H2. The van der Waals surface area contributed by atoms with Gasteiger partial charge in [0, 0.05) is 6.20 Å². The Hall–Kier alpha value is -3.48. The van der Waals surface area contributed by atoms with E-state index in [9.17, 15) is 0 Å². The van der Waals surface area contributed by atoms with Crippen molar-refractivity contribution in [3.05, 3.63) is 66.8 Å². The highest BCUT2D eigenvalue weighted by molar-refractivity contribution is 5.88. The zero-order valence-electron chi connectivity index (χ0n) is 12.6. The van der Waals surface area contributed by atoms with Crippen molar-refractivity contribution < 1.29 is 4.42 Å². The molecule has 0 amide bonds. The van der Waals surface area contributed by atoms with Crippen LogP contribution in [0.15, 0.2) is 65.7 Å². The summed E-state index contributed by atoms with van der Waals surface area (Å²) >= 11 is 0. The van der Waals surface area contributed by atoms with E-state index < -0.39 is 0 Å². The molecule has 5 rings (SSSR count). The Kier molecular flexibility index (Phi) is 2.72. The fourth-order valence-electron chi connectivity index (χ4n) is 2.72. The van der Waals surface area contributed by atoms with E-state index >= 15 is 0 Å². The van der Waals surface area contributed by atoms with E-state index in [1.807, 2.05) is 41.2 Å². The lowest BCUT2D eigenvalue weighted by molar-refractivity contribution is 0.577. The van der Waals surface area contributed by atoms with Crippen molar-refractivity contribution >= 4 is 16.7 Å². The van der Waals surface area contributed by atoms with Gasteiger partial charge < -0.3 is 4.42 Å². The molecule has 5 aromatic rings. The SMILES string of the molecule is c1ccc(Cn2cc3c(ncn4nc(-c5ccco5)nc34)n2)cc1. The summed E-state index contributed by atoms with van der Waals surface area (Å²) in [6, 6.07) is 13.8. The van der Waals surface area contributed by atoms with Gasteiger partial charge in [-0.15, -0.1) is 5.10 Å². The van der Waals surface area contributed by atoms with Crippen LogP contribution < -0.4 is 0 Å². The predicted molar refractivity (Wildman–Crippen MR) is 87.3 cm³/mol. The molecule has 0 unspecified atom stereocenters. The molecule has 0 saturated heterocycles. The van der Waals surface area contributed by atoms with Gasteiger partial charge in [0.25, 0.3) is 0 Å². The molecule has 7 heteroatoms. The molecule has 4 heterocycles. The molecule has 1 aromatic carbocycles. The topological polar surface area (TPSA) is 74.0 Å². The van der Waals surface area contributed by atoms with E-state index in [-0.39, 0.29) is 0 Å². The first kappa shape index (κ1) is 13.0. The van der Waals surface area contributed by atoms with Crippen LogP contribution in [0.2, 0.25) is 0 Å². The van der Waals surface area contributed by atoms with E-state index in [1.165, 1.54) is 5.56 Å². The van der Waals surface area contributed by atoms with Crippen LogP contribution in [-0.4, -0.2) is 29.4 Å². The van der Waals surface area contributed by atoms with Gasteiger partial charge in [-0.1, -0.05) is 30.3 Å². The fourth-order valence-corrected chi connectivity index (χ4v) is 2.72. The van der Waals surface area contributed by atoms with Crippen molar-refractivity contribution in [1.29, 1.82) is 0 Å². The molecule has 0 spiro atoms.